The van der Waals surface area contributed by atoms with Gasteiger partial charge in [-0.3, -0.25) is 4.79 Å². The van der Waals surface area contributed by atoms with E-state index in [-0.39, 0.29) is 23.2 Å². The van der Waals surface area contributed by atoms with Gasteiger partial charge in [-0.25, -0.2) is 0 Å². The number of alkyl halides is 1. The van der Waals surface area contributed by atoms with Crippen LogP contribution in [-0.2, 0) is 9.53 Å². The number of halogens is 1. The molecule has 1 aromatic carbocycles. The van der Waals surface area contributed by atoms with Gasteiger partial charge in [0.05, 0.1) is 18.8 Å². The molecule has 0 amide bonds. The van der Waals surface area contributed by atoms with E-state index in [1.807, 2.05) is 31.2 Å². The normalized spacial score (nSPS) is 25.4. The lowest BCUT2D eigenvalue weighted by Gasteiger charge is -2.23. The molecule has 0 aliphatic heterocycles. The summed E-state index contributed by atoms with van der Waals surface area (Å²) in [6.45, 7) is 4.30. The average Bonchev–Trinajstić information content (AvgIpc) is 2.98. The zero-order valence-corrected chi connectivity index (χ0v) is 18.4. The van der Waals surface area contributed by atoms with E-state index >= 15 is 0 Å². The SMILES string of the molecule is CCCC(O)c1ccc([C@@H]2[C@@H](CC=CCCCC(=O)OCC)[C@H](Cl)C[C@H]2O)cc1. The predicted molar refractivity (Wildman–Crippen MR) is 117 cm³/mol. The van der Waals surface area contributed by atoms with Gasteiger partial charge in [-0.05, 0) is 56.1 Å². The largest absolute Gasteiger partial charge is 0.466 e. The average molecular weight is 423 g/mol. The molecular formula is C24H35ClO4. The molecular weight excluding hydrogens is 388 g/mol. The minimum absolute atomic E-state index is 0.000880. The number of hydrogen-bond donors (Lipinski definition) is 2. The first kappa shape index (κ1) is 23.9. The van der Waals surface area contributed by atoms with Crippen LogP contribution in [0.1, 0.15) is 81.9 Å². The summed E-state index contributed by atoms with van der Waals surface area (Å²) < 4.78 is 4.93. The van der Waals surface area contributed by atoms with E-state index in [4.69, 9.17) is 16.3 Å². The summed E-state index contributed by atoms with van der Waals surface area (Å²) >= 11 is 6.56. The summed E-state index contributed by atoms with van der Waals surface area (Å²) in [6.07, 6.45) is 8.45. The van der Waals surface area contributed by atoms with Crippen molar-refractivity contribution in [1.29, 1.82) is 0 Å². The maximum absolute atomic E-state index is 11.4. The lowest BCUT2D eigenvalue weighted by Crippen LogP contribution is -2.18. The van der Waals surface area contributed by atoms with Crippen LogP contribution in [0.25, 0.3) is 0 Å². The van der Waals surface area contributed by atoms with Crippen molar-refractivity contribution in [3.05, 3.63) is 47.5 Å². The molecule has 2 N–H and O–H groups in total. The Balaban J connectivity index is 1.93. The van der Waals surface area contributed by atoms with E-state index in [9.17, 15) is 15.0 Å². The Hall–Kier alpha value is -1.36. The molecule has 0 aromatic heterocycles. The van der Waals surface area contributed by atoms with Crippen molar-refractivity contribution in [3.8, 4) is 0 Å². The molecule has 2 rings (SSSR count). The van der Waals surface area contributed by atoms with Gasteiger partial charge >= 0.3 is 5.97 Å². The van der Waals surface area contributed by atoms with E-state index in [1.54, 1.807) is 0 Å². The van der Waals surface area contributed by atoms with E-state index in [2.05, 4.69) is 19.1 Å². The maximum Gasteiger partial charge on any atom is 0.305 e. The predicted octanol–water partition coefficient (Wildman–Crippen LogP) is 5.27. The lowest BCUT2D eigenvalue weighted by atomic mass is 9.84. The lowest BCUT2D eigenvalue weighted by molar-refractivity contribution is -0.143. The molecule has 5 heteroatoms. The molecule has 1 saturated carbocycles. The Morgan fingerprint density at radius 3 is 2.66 bits per heavy atom. The number of unbranched alkanes of at least 4 members (excludes halogenated alkanes) is 1. The topological polar surface area (TPSA) is 66.8 Å². The molecule has 4 nitrogen and oxygen atoms in total. The van der Waals surface area contributed by atoms with Crippen LogP contribution in [-0.4, -0.2) is 34.3 Å². The molecule has 1 aliphatic rings. The van der Waals surface area contributed by atoms with Crippen LogP contribution in [0.5, 0.6) is 0 Å². The molecule has 162 valence electrons. The third kappa shape index (κ3) is 7.13. The standard InChI is InChI=1S/C24H35ClO4/c1-3-9-21(26)17-12-14-18(15-13-17)24-19(20(25)16-22(24)27)10-7-5-6-8-11-23(28)29-4-2/h5,7,12-15,19-22,24,26-27H,3-4,6,8-11,16H2,1-2H3/t19-,20+,21?,22+,24+/m0/s1. The third-order valence-electron chi connectivity index (χ3n) is 5.71. The van der Waals surface area contributed by atoms with Crippen molar-refractivity contribution in [3.63, 3.8) is 0 Å². The second-order valence-electron chi connectivity index (χ2n) is 7.88. The minimum Gasteiger partial charge on any atom is -0.466 e. The van der Waals surface area contributed by atoms with Crippen molar-refractivity contribution in [2.24, 2.45) is 5.92 Å². The quantitative estimate of drug-likeness (QED) is 0.220. The summed E-state index contributed by atoms with van der Waals surface area (Å²) in [4.78, 5) is 11.4. The van der Waals surface area contributed by atoms with Crippen molar-refractivity contribution < 1.29 is 19.7 Å². The minimum atomic E-state index is -0.453. The molecule has 5 atom stereocenters. The fraction of sp³-hybridized carbons (Fsp3) is 0.625. The van der Waals surface area contributed by atoms with Crippen molar-refractivity contribution in [1.82, 2.24) is 0 Å². The second kappa shape index (κ2) is 12.4. The van der Waals surface area contributed by atoms with E-state index < -0.39 is 12.2 Å². The van der Waals surface area contributed by atoms with Gasteiger partial charge in [0.1, 0.15) is 0 Å². The number of esters is 1. The van der Waals surface area contributed by atoms with Crippen LogP contribution in [0.3, 0.4) is 0 Å². The molecule has 1 unspecified atom stereocenters. The summed E-state index contributed by atoms with van der Waals surface area (Å²) in [7, 11) is 0. The fourth-order valence-electron chi connectivity index (χ4n) is 4.18. The van der Waals surface area contributed by atoms with Gasteiger partial charge in [-0.1, -0.05) is 49.8 Å². The molecule has 0 heterocycles. The van der Waals surface area contributed by atoms with Crippen LogP contribution in [0.4, 0.5) is 0 Å². The van der Waals surface area contributed by atoms with Gasteiger partial charge in [0.25, 0.3) is 0 Å². The summed E-state index contributed by atoms with van der Waals surface area (Å²) in [5, 5.41) is 20.7. The molecule has 0 spiro atoms. The number of ether oxygens (including phenoxy) is 1. The maximum atomic E-state index is 11.4. The molecule has 1 aromatic rings. The monoisotopic (exact) mass is 422 g/mol. The molecule has 0 radical (unpaired) electrons. The molecule has 0 saturated heterocycles. The molecule has 0 bridgehead atoms. The Kier molecular flexibility index (Phi) is 10.2. The van der Waals surface area contributed by atoms with Crippen molar-refractivity contribution in [2.45, 2.75) is 82.3 Å². The van der Waals surface area contributed by atoms with E-state index in [0.717, 1.165) is 43.2 Å². The van der Waals surface area contributed by atoms with Gasteiger partial charge in [0, 0.05) is 17.7 Å². The van der Waals surface area contributed by atoms with E-state index in [0.29, 0.717) is 19.4 Å². The number of aliphatic hydroxyl groups excluding tert-OH is 2. The summed E-state index contributed by atoms with van der Waals surface area (Å²) in [5.74, 6) is 0.0200. The zero-order chi connectivity index (χ0) is 21.2. The van der Waals surface area contributed by atoms with Crippen LogP contribution >= 0.6 is 11.6 Å². The Morgan fingerprint density at radius 1 is 1.28 bits per heavy atom. The molecule has 1 aliphatic carbocycles. The van der Waals surface area contributed by atoms with Gasteiger partial charge < -0.3 is 14.9 Å². The second-order valence-corrected chi connectivity index (χ2v) is 8.44. The van der Waals surface area contributed by atoms with Gasteiger partial charge in [0.2, 0.25) is 0 Å². The number of aliphatic hydroxyl groups is 2. The smallest absolute Gasteiger partial charge is 0.305 e. The van der Waals surface area contributed by atoms with Crippen LogP contribution in [0, 0.1) is 5.92 Å². The number of carbonyl (C=O) groups excluding carboxylic acids is 1. The van der Waals surface area contributed by atoms with Gasteiger partial charge in [-0.15, -0.1) is 11.6 Å². The first-order valence-electron chi connectivity index (χ1n) is 10.9. The zero-order valence-electron chi connectivity index (χ0n) is 17.6. The first-order valence-corrected chi connectivity index (χ1v) is 11.3. The Morgan fingerprint density at radius 2 is 2.00 bits per heavy atom. The van der Waals surface area contributed by atoms with Crippen LogP contribution < -0.4 is 0 Å². The number of benzene rings is 1. The Labute approximate surface area is 179 Å². The number of allylic oxidation sites excluding steroid dienone is 2. The van der Waals surface area contributed by atoms with Crippen molar-refractivity contribution in [2.75, 3.05) is 6.61 Å². The number of hydrogen-bond acceptors (Lipinski definition) is 4. The summed E-state index contributed by atoms with van der Waals surface area (Å²) in [6, 6.07) is 7.97. The third-order valence-corrected chi connectivity index (χ3v) is 6.21. The number of carbonyl (C=O) groups is 1. The summed E-state index contributed by atoms with van der Waals surface area (Å²) in [5.41, 5.74) is 2.00. The van der Waals surface area contributed by atoms with E-state index in [1.165, 1.54) is 0 Å². The molecule has 29 heavy (non-hydrogen) atoms. The number of rotatable bonds is 11. The highest BCUT2D eigenvalue weighted by atomic mass is 35.5. The van der Waals surface area contributed by atoms with Gasteiger partial charge in [-0.2, -0.15) is 0 Å². The highest BCUT2D eigenvalue weighted by Crippen LogP contribution is 2.45. The Bertz CT molecular complexity index is 643. The molecule has 1 fully saturated rings. The highest BCUT2D eigenvalue weighted by Gasteiger charge is 2.41. The van der Waals surface area contributed by atoms with Crippen molar-refractivity contribution >= 4 is 17.6 Å². The van der Waals surface area contributed by atoms with Crippen LogP contribution in [0.15, 0.2) is 36.4 Å². The fourth-order valence-corrected chi connectivity index (χ4v) is 4.62. The highest BCUT2D eigenvalue weighted by molar-refractivity contribution is 6.21. The van der Waals surface area contributed by atoms with Gasteiger partial charge in [0.15, 0.2) is 0 Å². The first-order chi connectivity index (χ1) is 14.0. The van der Waals surface area contributed by atoms with Crippen LogP contribution in [0.2, 0.25) is 0 Å².